The molecule has 0 amide bonds. The smallest absolute Gasteiger partial charge is 0.184 e. The van der Waals surface area contributed by atoms with Crippen molar-refractivity contribution in [1.29, 1.82) is 0 Å². The van der Waals surface area contributed by atoms with E-state index in [9.17, 15) is 4.79 Å². The van der Waals surface area contributed by atoms with E-state index < -0.39 is 0 Å². The molecule has 1 aromatic heterocycles. The van der Waals surface area contributed by atoms with Gasteiger partial charge < -0.3 is 14.4 Å². The maximum absolute atomic E-state index is 12.5. The average molecular weight is 295 g/mol. The Bertz CT molecular complexity index is 465. The van der Waals surface area contributed by atoms with Crippen LogP contribution in [-0.2, 0) is 11.3 Å². The van der Waals surface area contributed by atoms with Gasteiger partial charge in [0, 0.05) is 19.6 Å². The Kier molecular flexibility index (Phi) is 5.76. The third-order valence-corrected chi connectivity index (χ3v) is 3.77. The number of hydrogen-bond acceptors (Lipinski definition) is 5. The lowest BCUT2D eigenvalue weighted by molar-refractivity contribution is 0.0849. The zero-order valence-corrected chi connectivity index (χ0v) is 13.2. The van der Waals surface area contributed by atoms with Crippen LogP contribution in [0.25, 0.3) is 0 Å². The molecule has 0 aromatic carbocycles. The molecule has 1 fully saturated rings. The number of rotatable bonds is 8. The molecule has 1 aliphatic rings. The summed E-state index contributed by atoms with van der Waals surface area (Å²) < 4.78 is 12.6. The number of Topliss-reactive ketones (excluding diaryl/α,β-unsaturated/α-hetero) is 1. The van der Waals surface area contributed by atoms with Crippen molar-refractivity contribution in [1.82, 2.24) is 14.7 Å². The van der Waals surface area contributed by atoms with E-state index in [-0.39, 0.29) is 11.9 Å². The molecule has 21 heavy (non-hydrogen) atoms. The minimum Gasteiger partial charge on any atom is -0.493 e. The fourth-order valence-electron chi connectivity index (χ4n) is 2.55. The van der Waals surface area contributed by atoms with E-state index in [0.29, 0.717) is 24.4 Å². The van der Waals surface area contributed by atoms with Gasteiger partial charge in [-0.2, -0.15) is 5.10 Å². The van der Waals surface area contributed by atoms with E-state index in [2.05, 4.69) is 10.00 Å². The van der Waals surface area contributed by atoms with Gasteiger partial charge in [0.05, 0.1) is 26.0 Å². The van der Waals surface area contributed by atoms with Crippen molar-refractivity contribution in [2.24, 2.45) is 0 Å². The van der Waals surface area contributed by atoms with Crippen LogP contribution < -0.4 is 4.74 Å². The van der Waals surface area contributed by atoms with E-state index >= 15 is 0 Å². The maximum atomic E-state index is 12.5. The van der Waals surface area contributed by atoms with Gasteiger partial charge in [0.1, 0.15) is 5.69 Å². The highest BCUT2D eigenvalue weighted by Gasteiger charge is 2.22. The molecule has 6 nitrogen and oxygen atoms in total. The van der Waals surface area contributed by atoms with Crippen LogP contribution in [0.3, 0.4) is 0 Å². The summed E-state index contributed by atoms with van der Waals surface area (Å²) in [7, 11) is 5.57. The summed E-state index contributed by atoms with van der Waals surface area (Å²) in [4.78, 5) is 14.6. The fraction of sp³-hybridized carbons (Fsp3) is 0.733. The quantitative estimate of drug-likeness (QED) is 0.682. The highest BCUT2D eigenvalue weighted by molar-refractivity contribution is 5.97. The minimum atomic E-state index is 0.0820. The van der Waals surface area contributed by atoms with Crippen molar-refractivity contribution in [2.75, 3.05) is 34.4 Å². The third kappa shape index (κ3) is 4.28. The lowest BCUT2D eigenvalue weighted by atomic mass is 10.1. The lowest BCUT2D eigenvalue weighted by Crippen LogP contribution is -2.22. The molecule has 1 atom stereocenters. The number of nitrogens with zero attached hydrogens (tertiary/aromatic N) is 3. The number of aromatic nitrogens is 2. The molecule has 118 valence electrons. The summed E-state index contributed by atoms with van der Waals surface area (Å²) in [5, 5.41) is 4.27. The first-order chi connectivity index (χ1) is 10.1. The van der Waals surface area contributed by atoms with Gasteiger partial charge in [-0.3, -0.25) is 9.48 Å². The highest BCUT2D eigenvalue weighted by atomic mass is 16.5. The van der Waals surface area contributed by atoms with Gasteiger partial charge in [-0.25, -0.2) is 0 Å². The number of methoxy groups -OCH3 is 1. The first-order valence-electron chi connectivity index (χ1n) is 7.51. The molecule has 1 aromatic rings. The zero-order valence-electron chi connectivity index (χ0n) is 13.2. The third-order valence-electron chi connectivity index (χ3n) is 3.77. The van der Waals surface area contributed by atoms with Crippen LogP contribution in [0.15, 0.2) is 6.20 Å². The summed E-state index contributed by atoms with van der Waals surface area (Å²) in [6, 6.07) is 0. The van der Waals surface area contributed by atoms with Crippen molar-refractivity contribution in [3.05, 3.63) is 11.9 Å². The van der Waals surface area contributed by atoms with E-state index in [0.717, 1.165) is 32.4 Å². The molecule has 2 heterocycles. The Hall–Kier alpha value is -1.40. The summed E-state index contributed by atoms with van der Waals surface area (Å²) in [6.07, 6.45) is 5.27. The van der Waals surface area contributed by atoms with Crippen LogP contribution in [0.1, 0.15) is 36.2 Å². The number of ether oxygens (including phenoxy) is 2. The van der Waals surface area contributed by atoms with E-state index in [1.165, 1.54) is 0 Å². The topological polar surface area (TPSA) is 56.6 Å². The molecule has 0 saturated carbocycles. The second-order valence-corrected chi connectivity index (χ2v) is 5.68. The van der Waals surface area contributed by atoms with Gasteiger partial charge in [0.25, 0.3) is 0 Å². The second kappa shape index (κ2) is 7.56. The van der Waals surface area contributed by atoms with Crippen LogP contribution in [-0.4, -0.2) is 60.9 Å². The summed E-state index contributed by atoms with van der Waals surface area (Å²) in [6.45, 7) is 2.33. The van der Waals surface area contributed by atoms with Gasteiger partial charge >= 0.3 is 0 Å². The Morgan fingerprint density at radius 2 is 2.38 bits per heavy atom. The summed E-state index contributed by atoms with van der Waals surface area (Å²) >= 11 is 0. The lowest BCUT2D eigenvalue weighted by Gasteiger charge is -2.13. The van der Waals surface area contributed by atoms with E-state index in [1.807, 2.05) is 14.1 Å². The zero-order chi connectivity index (χ0) is 15.2. The van der Waals surface area contributed by atoms with E-state index in [1.54, 1.807) is 18.0 Å². The Morgan fingerprint density at radius 1 is 1.57 bits per heavy atom. The maximum Gasteiger partial charge on any atom is 0.184 e. The Labute approximate surface area is 126 Å². The molecular formula is C15H25N3O3. The SMILES string of the molecule is COc1cnn(CCN(C)C)c1C(=O)CCC1CCCO1. The summed E-state index contributed by atoms with van der Waals surface area (Å²) in [5.74, 6) is 0.643. The first-order valence-corrected chi connectivity index (χ1v) is 7.51. The van der Waals surface area contributed by atoms with Gasteiger partial charge in [-0.15, -0.1) is 0 Å². The predicted molar refractivity (Wildman–Crippen MR) is 79.9 cm³/mol. The van der Waals surface area contributed by atoms with Crippen LogP contribution in [0.2, 0.25) is 0 Å². The average Bonchev–Trinajstić information content (AvgIpc) is 3.11. The molecule has 1 aliphatic heterocycles. The number of carbonyl (C=O) groups excluding carboxylic acids is 1. The standard InChI is InChI=1S/C15H25N3O3/c1-17(2)8-9-18-15(14(20-3)11-16-18)13(19)7-6-12-5-4-10-21-12/h11-12H,4-10H2,1-3H3. The fourth-order valence-corrected chi connectivity index (χ4v) is 2.55. The second-order valence-electron chi connectivity index (χ2n) is 5.68. The molecule has 0 bridgehead atoms. The molecule has 0 radical (unpaired) electrons. The number of carbonyl (C=O) groups is 1. The van der Waals surface area contributed by atoms with Crippen LogP contribution in [0.4, 0.5) is 0 Å². The molecule has 0 aliphatic carbocycles. The number of likely N-dealkylation sites (N-methyl/N-ethyl adjacent to an activating group) is 1. The number of ketones is 1. The van der Waals surface area contributed by atoms with E-state index in [4.69, 9.17) is 9.47 Å². The molecule has 0 spiro atoms. The normalized spacial score (nSPS) is 18.4. The van der Waals surface area contributed by atoms with Crippen LogP contribution >= 0.6 is 0 Å². The van der Waals surface area contributed by atoms with Gasteiger partial charge in [-0.1, -0.05) is 0 Å². The summed E-state index contributed by atoms with van der Waals surface area (Å²) in [5.41, 5.74) is 0.581. The molecular weight excluding hydrogens is 270 g/mol. The highest BCUT2D eigenvalue weighted by Crippen LogP contribution is 2.23. The van der Waals surface area contributed by atoms with Crippen LogP contribution in [0, 0.1) is 0 Å². The van der Waals surface area contributed by atoms with Crippen molar-refractivity contribution >= 4 is 5.78 Å². The monoisotopic (exact) mass is 295 g/mol. The van der Waals surface area contributed by atoms with Gasteiger partial charge in [-0.05, 0) is 33.4 Å². The number of hydrogen-bond donors (Lipinski definition) is 0. The first kappa shape index (κ1) is 16.0. The van der Waals surface area contributed by atoms with Crippen LogP contribution in [0.5, 0.6) is 5.75 Å². The Balaban J connectivity index is 2.00. The minimum absolute atomic E-state index is 0.0820. The van der Waals surface area contributed by atoms with Gasteiger partial charge in [0.15, 0.2) is 11.5 Å². The Morgan fingerprint density at radius 3 is 3.00 bits per heavy atom. The van der Waals surface area contributed by atoms with Gasteiger partial charge in [0.2, 0.25) is 0 Å². The molecule has 1 saturated heterocycles. The molecule has 6 heteroatoms. The largest absolute Gasteiger partial charge is 0.493 e. The van der Waals surface area contributed by atoms with Crippen molar-refractivity contribution in [3.8, 4) is 5.75 Å². The van der Waals surface area contributed by atoms with Crippen molar-refractivity contribution in [2.45, 2.75) is 38.3 Å². The molecule has 2 rings (SSSR count). The molecule has 1 unspecified atom stereocenters. The predicted octanol–water partition coefficient (Wildman–Crippen LogP) is 1.60. The van der Waals surface area contributed by atoms with Crippen molar-refractivity contribution in [3.63, 3.8) is 0 Å². The van der Waals surface area contributed by atoms with Crippen molar-refractivity contribution < 1.29 is 14.3 Å². The molecule has 0 N–H and O–H groups in total.